The first-order chi connectivity index (χ1) is 10.0. The van der Waals surface area contributed by atoms with E-state index in [9.17, 15) is 4.79 Å². The zero-order chi connectivity index (χ0) is 15.4. The van der Waals surface area contributed by atoms with Crippen molar-refractivity contribution in [1.82, 2.24) is 0 Å². The monoisotopic (exact) mass is 285 g/mol. The van der Waals surface area contributed by atoms with Crippen molar-refractivity contribution in [3.63, 3.8) is 0 Å². The third-order valence-corrected chi connectivity index (χ3v) is 2.98. The Bertz CT molecular complexity index is 645. The Morgan fingerprint density at radius 1 is 1.14 bits per heavy atom. The van der Waals surface area contributed by atoms with E-state index in [1.165, 1.54) is 0 Å². The second-order valence-electron chi connectivity index (χ2n) is 4.86. The first kappa shape index (κ1) is 14.9. The maximum absolute atomic E-state index is 11.8. The third kappa shape index (κ3) is 3.54. The summed E-state index contributed by atoms with van der Waals surface area (Å²) in [7, 11) is 0. The summed E-state index contributed by atoms with van der Waals surface area (Å²) < 4.78 is 10.8. The van der Waals surface area contributed by atoms with Crippen molar-refractivity contribution in [2.75, 3.05) is 12.3 Å². The molecule has 110 valence electrons. The number of anilines is 1. The molecule has 0 spiro atoms. The van der Waals surface area contributed by atoms with Crippen LogP contribution in [-0.4, -0.2) is 12.6 Å². The number of carbonyl (C=O) groups excluding carboxylic acids is 1. The lowest BCUT2D eigenvalue weighted by Gasteiger charge is -2.12. The molecule has 0 aliphatic carbocycles. The van der Waals surface area contributed by atoms with E-state index in [2.05, 4.69) is 6.07 Å². The predicted octanol–water partition coefficient (Wildman–Crippen LogP) is 3.85. The summed E-state index contributed by atoms with van der Waals surface area (Å²) in [6.07, 6.45) is 0. The van der Waals surface area contributed by atoms with E-state index >= 15 is 0 Å². The van der Waals surface area contributed by atoms with Gasteiger partial charge in [0.25, 0.3) is 0 Å². The van der Waals surface area contributed by atoms with E-state index in [1.807, 2.05) is 26.0 Å². The highest BCUT2D eigenvalue weighted by atomic mass is 16.5. The van der Waals surface area contributed by atoms with Gasteiger partial charge in [0.15, 0.2) is 5.75 Å². The Morgan fingerprint density at radius 2 is 1.81 bits per heavy atom. The van der Waals surface area contributed by atoms with Crippen molar-refractivity contribution in [3.8, 4) is 11.5 Å². The van der Waals surface area contributed by atoms with Gasteiger partial charge in [-0.1, -0.05) is 12.1 Å². The highest BCUT2D eigenvalue weighted by Gasteiger charge is 2.14. The fourth-order valence-electron chi connectivity index (χ4n) is 2.14. The molecular weight excluding hydrogens is 266 g/mol. The molecule has 0 radical (unpaired) electrons. The maximum atomic E-state index is 11.8. The number of aryl methyl sites for hydroxylation is 2. The summed E-state index contributed by atoms with van der Waals surface area (Å²) in [6, 6.07) is 11.0. The molecule has 0 unspecified atom stereocenters. The second-order valence-corrected chi connectivity index (χ2v) is 4.86. The number of hydrogen-bond donors (Lipinski definition) is 1. The number of ether oxygens (including phenoxy) is 2. The van der Waals surface area contributed by atoms with Crippen LogP contribution in [0.3, 0.4) is 0 Å². The molecule has 4 nitrogen and oxygen atoms in total. The summed E-state index contributed by atoms with van der Waals surface area (Å²) in [4.78, 5) is 11.8. The molecule has 2 rings (SSSR count). The van der Waals surface area contributed by atoms with Gasteiger partial charge in [0.1, 0.15) is 5.75 Å². The fourth-order valence-corrected chi connectivity index (χ4v) is 2.14. The number of carbonyl (C=O) groups is 1. The molecule has 0 amide bonds. The normalized spacial score (nSPS) is 10.2. The van der Waals surface area contributed by atoms with Crippen LogP contribution in [0.4, 0.5) is 5.69 Å². The fraction of sp³-hybridized carbons (Fsp3) is 0.235. The highest BCUT2D eigenvalue weighted by Crippen LogP contribution is 2.31. The molecule has 0 saturated carbocycles. The van der Waals surface area contributed by atoms with Crippen molar-refractivity contribution in [1.29, 1.82) is 0 Å². The summed E-state index contributed by atoms with van der Waals surface area (Å²) in [5, 5.41) is 0. The van der Waals surface area contributed by atoms with Gasteiger partial charge in [0, 0.05) is 0 Å². The van der Waals surface area contributed by atoms with Crippen molar-refractivity contribution in [2.24, 2.45) is 0 Å². The molecule has 0 saturated heterocycles. The molecule has 0 aliphatic heterocycles. The van der Waals surface area contributed by atoms with Gasteiger partial charge in [-0.15, -0.1) is 0 Å². The van der Waals surface area contributed by atoms with Crippen molar-refractivity contribution < 1.29 is 14.3 Å². The van der Waals surface area contributed by atoms with Crippen molar-refractivity contribution >= 4 is 11.7 Å². The minimum Gasteiger partial charge on any atom is -0.462 e. The van der Waals surface area contributed by atoms with E-state index in [1.54, 1.807) is 25.1 Å². The molecule has 2 aromatic rings. The van der Waals surface area contributed by atoms with E-state index < -0.39 is 5.97 Å². The minimum absolute atomic E-state index is 0.287. The molecule has 0 heterocycles. The quantitative estimate of drug-likeness (QED) is 0.684. The zero-order valence-corrected chi connectivity index (χ0v) is 12.5. The number of benzene rings is 2. The SMILES string of the molecule is CCOC(=O)c1cccc(Oc2cc(C)cc(C)c2)c1N. The number of nitrogens with two attached hydrogens (primary N) is 1. The average molecular weight is 285 g/mol. The van der Waals surface area contributed by atoms with Crippen LogP contribution in [0.25, 0.3) is 0 Å². The summed E-state index contributed by atoms with van der Waals surface area (Å²) in [5.74, 6) is 0.701. The molecule has 2 aromatic carbocycles. The molecule has 2 N–H and O–H groups in total. The number of rotatable bonds is 4. The second kappa shape index (κ2) is 6.31. The standard InChI is InChI=1S/C17H19NO3/c1-4-20-17(19)14-6-5-7-15(16(14)18)21-13-9-11(2)8-12(3)10-13/h5-10H,4,18H2,1-3H3. The largest absolute Gasteiger partial charge is 0.462 e. The Morgan fingerprint density at radius 3 is 2.43 bits per heavy atom. The van der Waals surface area contributed by atoms with Crippen LogP contribution in [0.15, 0.2) is 36.4 Å². The van der Waals surface area contributed by atoms with Gasteiger partial charge in [-0.25, -0.2) is 4.79 Å². The van der Waals surface area contributed by atoms with Gasteiger partial charge in [-0.3, -0.25) is 0 Å². The van der Waals surface area contributed by atoms with Gasteiger partial charge in [-0.05, 0) is 56.2 Å². The van der Waals surface area contributed by atoms with Gasteiger partial charge in [0.05, 0.1) is 17.9 Å². The molecule has 0 bridgehead atoms. The molecular formula is C17H19NO3. The Hall–Kier alpha value is -2.49. The van der Waals surface area contributed by atoms with Gasteiger partial charge < -0.3 is 15.2 Å². The Balaban J connectivity index is 2.32. The minimum atomic E-state index is -0.444. The van der Waals surface area contributed by atoms with Crippen LogP contribution < -0.4 is 10.5 Å². The van der Waals surface area contributed by atoms with Crippen molar-refractivity contribution in [2.45, 2.75) is 20.8 Å². The van der Waals surface area contributed by atoms with E-state index in [0.29, 0.717) is 23.7 Å². The molecule has 0 aromatic heterocycles. The smallest absolute Gasteiger partial charge is 0.340 e. The van der Waals surface area contributed by atoms with E-state index in [4.69, 9.17) is 15.2 Å². The van der Waals surface area contributed by atoms with Crippen LogP contribution in [0.2, 0.25) is 0 Å². The van der Waals surface area contributed by atoms with Gasteiger partial charge in [-0.2, -0.15) is 0 Å². The zero-order valence-electron chi connectivity index (χ0n) is 12.5. The van der Waals surface area contributed by atoms with E-state index in [-0.39, 0.29) is 5.69 Å². The maximum Gasteiger partial charge on any atom is 0.340 e. The van der Waals surface area contributed by atoms with Crippen molar-refractivity contribution in [3.05, 3.63) is 53.1 Å². The Kier molecular flexibility index (Phi) is 4.48. The average Bonchev–Trinajstić information content (AvgIpc) is 2.40. The third-order valence-electron chi connectivity index (χ3n) is 2.98. The Labute approximate surface area is 124 Å². The van der Waals surface area contributed by atoms with Crippen LogP contribution in [0, 0.1) is 13.8 Å². The molecule has 0 atom stereocenters. The first-order valence-electron chi connectivity index (χ1n) is 6.83. The lowest BCUT2D eigenvalue weighted by Crippen LogP contribution is -2.08. The predicted molar refractivity (Wildman–Crippen MR) is 82.8 cm³/mol. The topological polar surface area (TPSA) is 61.5 Å². The lowest BCUT2D eigenvalue weighted by atomic mass is 10.1. The number of para-hydroxylation sites is 1. The van der Waals surface area contributed by atoms with E-state index in [0.717, 1.165) is 11.1 Å². The molecule has 0 aliphatic rings. The molecule has 21 heavy (non-hydrogen) atoms. The summed E-state index contributed by atoms with van der Waals surface area (Å²) in [6.45, 7) is 6.06. The van der Waals surface area contributed by atoms with Crippen LogP contribution in [0.5, 0.6) is 11.5 Å². The number of nitrogen functional groups attached to an aromatic ring is 1. The first-order valence-corrected chi connectivity index (χ1v) is 6.83. The van der Waals surface area contributed by atoms with Crippen LogP contribution in [-0.2, 0) is 4.74 Å². The number of hydrogen-bond acceptors (Lipinski definition) is 4. The number of esters is 1. The molecule has 0 fully saturated rings. The van der Waals surface area contributed by atoms with Crippen LogP contribution in [0.1, 0.15) is 28.4 Å². The lowest BCUT2D eigenvalue weighted by molar-refractivity contribution is 0.0527. The van der Waals surface area contributed by atoms with Crippen LogP contribution >= 0.6 is 0 Å². The summed E-state index contributed by atoms with van der Waals surface area (Å²) >= 11 is 0. The summed E-state index contributed by atoms with van der Waals surface area (Å²) in [5.41, 5.74) is 8.82. The molecule has 4 heteroatoms. The van der Waals surface area contributed by atoms with Gasteiger partial charge in [0.2, 0.25) is 0 Å². The van der Waals surface area contributed by atoms with Gasteiger partial charge >= 0.3 is 5.97 Å². The highest BCUT2D eigenvalue weighted by molar-refractivity contribution is 5.96.